The highest BCUT2D eigenvalue weighted by atomic mass is 16.5. The van der Waals surface area contributed by atoms with Gasteiger partial charge in [0.05, 0.1) is 18.4 Å². The molecule has 0 saturated heterocycles. The molecule has 0 aromatic carbocycles. The summed E-state index contributed by atoms with van der Waals surface area (Å²) in [5.41, 5.74) is 6.27. The highest BCUT2D eigenvalue weighted by Crippen LogP contribution is 2.36. The third-order valence-electron chi connectivity index (χ3n) is 6.26. The van der Waals surface area contributed by atoms with Crippen LogP contribution in [-0.4, -0.2) is 21.5 Å². The summed E-state index contributed by atoms with van der Waals surface area (Å²) in [6, 6.07) is 0. The van der Waals surface area contributed by atoms with Gasteiger partial charge in [0.2, 0.25) is 0 Å². The highest BCUT2D eigenvalue weighted by molar-refractivity contribution is 5.64. The number of nitrogens with one attached hydrogen (secondary N) is 1. The third kappa shape index (κ3) is 3.75. The van der Waals surface area contributed by atoms with Crippen LogP contribution in [0, 0.1) is 11.8 Å². The molecule has 2 aliphatic heterocycles. The summed E-state index contributed by atoms with van der Waals surface area (Å²) in [5, 5.41) is 12.5. The molecule has 4 rings (SSSR count). The Morgan fingerprint density at radius 1 is 1.33 bits per heavy atom. The van der Waals surface area contributed by atoms with E-state index >= 15 is 0 Å². The smallest absolute Gasteiger partial charge is 0.188 e. The minimum absolute atomic E-state index is 0.577. The molecule has 146 valence electrons. The molecule has 2 aromatic rings. The van der Waals surface area contributed by atoms with E-state index in [1.807, 2.05) is 6.20 Å². The quantitative estimate of drug-likeness (QED) is 0.602. The van der Waals surface area contributed by atoms with E-state index in [0.717, 1.165) is 43.9 Å². The molecular formula is C22H32N4O. The van der Waals surface area contributed by atoms with Crippen LogP contribution in [0.3, 0.4) is 0 Å². The number of fused-ring (bicyclic) bond motifs is 5. The van der Waals surface area contributed by atoms with Crippen molar-refractivity contribution in [3.63, 3.8) is 0 Å². The van der Waals surface area contributed by atoms with Crippen LogP contribution in [0.15, 0.2) is 22.4 Å². The Bertz CT molecular complexity index is 816. The number of allylic oxidation sites excluding steroid dienone is 2. The topological polar surface area (TPSA) is 55.9 Å². The van der Waals surface area contributed by atoms with Crippen molar-refractivity contribution in [1.82, 2.24) is 20.3 Å². The fourth-order valence-corrected chi connectivity index (χ4v) is 4.42. The predicted octanol–water partition coefficient (Wildman–Crippen LogP) is 4.52. The molecule has 0 fully saturated rings. The van der Waals surface area contributed by atoms with Crippen molar-refractivity contribution in [2.75, 3.05) is 6.54 Å². The normalized spacial score (nSPS) is 19.9. The van der Waals surface area contributed by atoms with Gasteiger partial charge in [-0.1, -0.05) is 57.7 Å². The molecule has 5 nitrogen and oxygen atoms in total. The van der Waals surface area contributed by atoms with E-state index in [0.29, 0.717) is 11.8 Å². The third-order valence-corrected chi connectivity index (χ3v) is 6.26. The molecule has 0 amide bonds. The minimum Gasteiger partial charge on any atom is -0.354 e. The van der Waals surface area contributed by atoms with Gasteiger partial charge in [0.25, 0.3) is 0 Å². The Labute approximate surface area is 162 Å². The van der Waals surface area contributed by atoms with Crippen LogP contribution in [0.5, 0.6) is 0 Å². The number of rotatable bonds is 6. The summed E-state index contributed by atoms with van der Waals surface area (Å²) in [6.07, 6.45) is 11.6. The molecule has 0 spiro atoms. The van der Waals surface area contributed by atoms with Gasteiger partial charge >= 0.3 is 0 Å². The molecule has 2 atom stereocenters. The molecule has 27 heavy (non-hydrogen) atoms. The van der Waals surface area contributed by atoms with Crippen molar-refractivity contribution >= 4 is 0 Å². The maximum Gasteiger partial charge on any atom is 0.188 e. The number of nitrogens with zero attached hydrogens (tertiary/aromatic N) is 3. The lowest BCUT2D eigenvalue weighted by Crippen LogP contribution is -2.23. The second-order valence-electron chi connectivity index (χ2n) is 8.37. The molecule has 1 N–H and O–H groups in total. The van der Waals surface area contributed by atoms with E-state index in [1.54, 1.807) is 0 Å². The van der Waals surface area contributed by atoms with Gasteiger partial charge in [-0.3, -0.25) is 4.68 Å². The van der Waals surface area contributed by atoms with Gasteiger partial charge in [-0.25, -0.2) is 0 Å². The van der Waals surface area contributed by atoms with Crippen LogP contribution in [0.1, 0.15) is 63.3 Å². The first kappa shape index (κ1) is 18.5. The Hall–Kier alpha value is -1.88. The van der Waals surface area contributed by atoms with Crippen molar-refractivity contribution in [3.05, 3.63) is 34.7 Å². The fraction of sp³-hybridized carbons (Fsp3) is 0.636. The largest absolute Gasteiger partial charge is 0.354 e. The van der Waals surface area contributed by atoms with E-state index in [2.05, 4.69) is 42.0 Å². The molecule has 0 bridgehead atoms. The summed E-state index contributed by atoms with van der Waals surface area (Å²) >= 11 is 0. The average Bonchev–Trinajstić information content (AvgIpc) is 3.22. The van der Waals surface area contributed by atoms with Crippen molar-refractivity contribution in [1.29, 1.82) is 0 Å². The van der Waals surface area contributed by atoms with Gasteiger partial charge in [-0.15, -0.1) is 0 Å². The monoisotopic (exact) mass is 368 g/mol. The van der Waals surface area contributed by atoms with Gasteiger partial charge in [0.1, 0.15) is 5.69 Å². The van der Waals surface area contributed by atoms with Gasteiger partial charge in [-0.2, -0.15) is 5.10 Å². The van der Waals surface area contributed by atoms with Crippen molar-refractivity contribution in [3.8, 4) is 11.5 Å². The summed E-state index contributed by atoms with van der Waals surface area (Å²) in [7, 11) is 0. The summed E-state index contributed by atoms with van der Waals surface area (Å²) < 4.78 is 7.85. The molecule has 4 heterocycles. The van der Waals surface area contributed by atoms with E-state index < -0.39 is 0 Å². The van der Waals surface area contributed by atoms with E-state index in [1.165, 1.54) is 48.1 Å². The van der Waals surface area contributed by atoms with Crippen LogP contribution in [0.2, 0.25) is 0 Å². The maximum atomic E-state index is 5.69. The lowest BCUT2D eigenvalue weighted by molar-refractivity contribution is 0.406. The van der Waals surface area contributed by atoms with Crippen molar-refractivity contribution in [2.45, 2.75) is 72.4 Å². The SMILES string of the molecule is CCCCCC(C)C(C)/C=C1/Cc2cnoc2-c2c3c(nn2C1)CCNC3. The molecule has 2 unspecified atom stereocenters. The predicted molar refractivity (Wildman–Crippen MR) is 107 cm³/mol. The number of hydrogen-bond acceptors (Lipinski definition) is 4. The van der Waals surface area contributed by atoms with Crippen LogP contribution >= 0.6 is 0 Å². The lowest BCUT2D eigenvalue weighted by Gasteiger charge is -2.18. The van der Waals surface area contributed by atoms with Gasteiger partial charge in [0.15, 0.2) is 5.76 Å². The molecule has 2 aromatic heterocycles. The summed E-state index contributed by atoms with van der Waals surface area (Å²) in [5.74, 6) is 2.21. The molecule has 0 saturated carbocycles. The molecule has 0 aliphatic carbocycles. The second-order valence-corrected chi connectivity index (χ2v) is 8.37. The van der Waals surface area contributed by atoms with E-state index in [9.17, 15) is 0 Å². The van der Waals surface area contributed by atoms with Crippen LogP contribution < -0.4 is 5.32 Å². The van der Waals surface area contributed by atoms with Crippen LogP contribution in [0.25, 0.3) is 11.5 Å². The zero-order valence-electron chi connectivity index (χ0n) is 16.9. The van der Waals surface area contributed by atoms with Gasteiger partial charge < -0.3 is 9.84 Å². The average molecular weight is 369 g/mol. The van der Waals surface area contributed by atoms with E-state index in [4.69, 9.17) is 9.62 Å². The Kier molecular flexibility index (Phi) is 5.48. The molecule has 2 aliphatic rings. The standard InChI is InChI=1S/C22H32N4O/c1-4-5-6-7-15(2)16(3)10-17-11-18-12-24-27-22(18)21-19-13-23-9-8-20(19)25-26(21)14-17/h10,12,15-16,23H,4-9,11,13-14H2,1-3H3/b17-10-. The van der Waals surface area contributed by atoms with Gasteiger partial charge in [0, 0.05) is 37.1 Å². The van der Waals surface area contributed by atoms with Gasteiger partial charge in [-0.05, 0) is 17.4 Å². The zero-order valence-corrected chi connectivity index (χ0v) is 16.9. The second kappa shape index (κ2) is 8.01. The zero-order chi connectivity index (χ0) is 18.8. The summed E-state index contributed by atoms with van der Waals surface area (Å²) in [6.45, 7) is 9.76. The van der Waals surface area contributed by atoms with Crippen LogP contribution in [-0.2, 0) is 25.9 Å². The summed E-state index contributed by atoms with van der Waals surface area (Å²) in [4.78, 5) is 0. The highest BCUT2D eigenvalue weighted by Gasteiger charge is 2.29. The Morgan fingerprint density at radius 2 is 2.22 bits per heavy atom. The first-order chi connectivity index (χ1) is 13.2. The maximum absolute atomic E-state index is 5.69. The van der Waals surface area contributed by atoms with E-state index in [-0.39, 0.29) is 0 Å². The Balaban J connectivity index is 1.61. The number of hydrogen-bond donors (Lipinski definition) is 1. The first-order valence-corrected chi connectivity index (χ1v) is 10.6. The first-order valence-electron chi connectivity index (χ1n) is 10.6. The minimum atomic E-state index is 0.577. The molecular weight excluding hydrogens is 336 g/mol. The fourth-order valence-electron chi connectivity index (χ4n) is 4.42. The van der Waals surface area contributed by atoms with Crippen molar-refractivity contribution in [2.24, 2.45) is 11.8 Å². The number of aromatic nitrogens is 3. The number of unbranched alkanes of at least 4 members (excludes halogenated alkanes) is 2. The van der Waals surface area contributed by atoms with Crippen LogP contribution in [0.4, 0.5) is 0 Å². The van der Waals surface area contributed by atoms with Crippen molar-refractivity contribution < 1.29 is 4.52 Å². The Morgan fingerprint density at radius 3 is 3.07 bits per heavy atom. The molecule has 0 radical (unpaired) electrons. The lowest BCUT2D eigenvalue weighted by atomic mass is 9.88. The molecule has 5 heteroatoms.